The number of hydrogen-bond acceptors (Lipinski definition) is 2. The molecular weight excluding hydrogens is 422 g/mol. The number of imidazole rings is 1. The zero-order valence-electron chi connectivity index (χ0n) is 18.9. The molecule has 0 amide bonds. The molecule has 160 valence electrons. The smallest absolute Gasteiger partial charge is 0.241 e. The minimum Gasteiger partial charge on any atom is -0.241 e. The maximum absolute atomic E-state index is 4.94. The highest BCUT2D eigenvalue weighted by Crippen LogP contribution is 2.36. The largest absolute Gasteiger partial charge is 0.297 e. The zero-order chi connectivity index (χ0) is 22.5. The molecule has 2 heterocycles. The van der Waals surface area contributed by atoms with Crippen LogP contribution in [0.5, 0.6) is 0 Å². The van der Waals surface area contributed by atoms with Gasteiger partial charge in [0.25, 0.3) is 5.82 Å². The van der Waals surface area contributed by atoms with Crippen molar-refractivity contribution >= 4 is 32.6 Å². The SMILES string of the molecule is Cc1nc2c(-c3n(-c4ccc(-c5ccccc5)cc4)c4ccccc4[n+]3C)c(C)ccc2s1. The molecule has 3 nitrogen and oxygen atoms in total. The van der Waals surface area contributed by atoms with Crippen LogP contribution in [0.15, 0.2) is 91.0 Å². The molecule has 6 aromatic rings. The summed E-state index contributed by atoms with van der Waals surface area (Å²) in [6.45, 7) is 4.27. The van der Waals surface area contributed by atoms with Crippen LogP contribution in [0.1, 0.15) is 10.6 Å². The Morgan fingerprint density at radius 1 is 0.758 bits per heavy atom. The Hall–Kier alpha value is -3.76. The maximum Gasteiger partial charge on any atom is 0.297 e. The number of benzene rings is 4. The summed E-state index contributed by atoms with van der Waals surface area (Å²) >= 11 is 1.75. The molecule has 6 rings (SSSR count). The van der Waals surface area contributed by atoms with Crippen LogP contribution in [0.4, 0.5) is 0 Å². The molecule has 0 unspecified atom stereocenters. The standard InChI is InChI=1S/C29H24N3S/c1-19-13-18-26-28(30-20(2)33-26)27(19)29-31(3)24-11-7-8-12-25(24)32(29)23-16-14-22(15-17-23)21-9-5-4-6-10-21/h4-18H,1-3H3/q+1. The Morgan fingerprint density at radius 3 is 2.24 bits per heavy atom. The first-order valence-corrected chi connectivity index (χ1v) is 12.0. The van der Waals surface area contributed by atoms with Gasteiger partial charge in [0.05, 0.1) is 27.8 Å². The number of rotatable bonds is 3. The van der Waals surface area contributed by atoms with E-state index in [1.807, 2.05) is 0 Å². The van der Waals surface area contributed by atoms with Crippen molar-refractivity contribution in [1.29, 1.82) is 0 Å². The van der Waals surface area contributed by atoms with Crippen molar-refractivity contribution in [2.45, 2.75) is 13.8 Å². The third kappa shape index (κ3) is 3.18. The average molecular weight is 447 g/mol. The second-order valence-corrected chi connectivity index (χ2v) is 9.69. The number of fused-ring (bicyclic) bond motifs is 2. The molecule has 0 spiro atoms. The summed E-state index contributed by atoms with van der Waals surface area (Å²) in [5, 5.41) is 1.09. The second kappa shape index (κ2) is 7.68. The Morgan fingerprint density at radius 2 is 1.45 bits per heavy atom. The van der Waals surface area contributed by atoms with Crippen LogP contribution >= 0.6 is 11.3 Å². The number of para-hydroxylation sites is 2. The van der Waals surface area contributed by atoms with E-state index in [1.165, 1.54) is 38.0 Å². The molecule has 0 N–H and O–H groups in total. The summed E-state index contributed by atoms with van der Waals surface area (Å²) in [5.41, 5.74) is 9.48. The molecule has 0 aliphatic rings. The van der Waals surface area contributed by atoms with E-state index in [1.54, 1.807) is 11.3 Å². The highest BCUT2D eigenvalue weighted by Gasteiger charge is 2.29. The molecule has 0 aliphatic carbocycles. The van der Waals surface area contributed by atoms with E-state index in [-0.39, 0.29) is 0 Å². The van der Waals surface area contributed by atoms with Gasteiger partial charge in [-0.15, -0.1) is 11.3 Å². The van der Waals surface area contributed by atoms with Gasteiger partial charge in [-0.05, 0) is 60.9 Å². The Bertz CT molecular complexity index is 1620. The van der Waals surface area contributed by atoms with Crippen LogP contribution in [0.3, 0.4) is 0 Å². The maximum atomic E-state index is 4.94. The van der Waals surface area contributed by atoms with Crippen molar-refractivity contribution in [3.05, 3.63) is 102 Å². The van der Waals surface area contributed by atoms with E-state index < -0.39 is 0 Å². The third-order valence-corrected chi connectivity index (χ3v) is 7.28. The normalized spacial score (nSPS) is 11.5. The molecule has 0 saturated heterocycles. The van der Waals surface area contributed by atoms with E-state index in [2.05, 4.69) is 121 Å². The van der Waals surface area contributed by atoms with Crippen molar-refractivity contribution in [3.8, 4) is 28.2 Å². The molecule has 0 aliphatic heterocycles. The molecular formula is C29H24N3S+. The minimum atomic E-state index is 1.08. The van der Waals surface area contributed by atoms with Crippen LogP contribution in [0.2, 0.25) is 0 Å². The fourth-order valence-electron chi connectivity index (χ4n) is 4.78. The van der Waals surface area contributed by atoms with Crippen molar-refractivity contribution in [2.75, 3.05) is 0 Å². The molecule has 33 heavy (non-hydrogen) atoms. The summed E-state index contributed by atoms with van der Waals surface area (Å²) < 4.78 is 5.90. The minimum absolute atomic E-state index is 1.08. The third-order valence-electron chi connectivity index (χ3n) is 6.35. The van der Waals surface area contributed by atoms with Crippen molar-refractivity contribution in [3.63, 3.8) is 0 Å². The van der Waals surface area contributed by atoms with Crippen LogP contribution < -0.4 is 4.57 Å². The predicted octanol–water partition coefficient (Wildman–Crippen LogP) is 7.02. The molecule has 2 aromatic heterocycles. The first-order valence-electron chi connectivity index (χ1n) is 11.1. The van der Waals surface area contributed by atoms with E-state index in [0.717, 1.165) is 22.0 Å². The van der Waals surface area contributed by atoms with Crippen LogP contribution in [-0.2, 0) is 7.05 Å². The number of hydrogen-bond donors (Lipinski definition) is 0. The lowest BCUT2D eigenvalue weighted by Crippen LogP contribution is -2.30. The van der Waals surface area contributed by atoms with Crippen LogP contribution in [-0.4, -0.2) is 9.55 Å². The van der Waals surface area contributed by atoms with Gasteiger partial charge in [0.2, 0.25) is 0 Å². The fourth-order valence-corrected chi connectivity index (χ4v) is 5.61. The summed E-state index contributed by atoms with van der Waals surface area (Å²) in [6.07, 6.45) is 0. The molecule has 4 heteroatoms. The number of aromatic nitrogens is 3. The predicted molar refractivity (Wildman–Crippen MR) is 138 cm³/mol. The van der Waals surface area contributed by atoms with Crippen molar-refractivity contribution < 1.29 is 4.57 Å². The van der Waals surface area contributed by atoms with Gasteiger partial charge in [0, 0.05) is 0 Å². The van der Waals surface area contributed by atoms with Gasteiger partial charge in [0.1, 0.15) is 5.69 Å². The molecule has 0 atom stereocenters. The summed E-state index contributed by atoms with van der Waals surface area (Å²) in [7, 11) is 2.16. The Balaban J connectivity index is 1.65. The van der Waals surface area contributed by atoms with Gasteiger partial charge in [-0.2, -0.15) is 4.57 Å². The highest BCUT2D eigenvalue weighted by molar-refractivity contribution is 7.18. The number of nitrogens with zero attached hydrogens (tertiary/aromatic N) is 3. The first kappa shape index (κ1) is 19.9. The molecule has 0 radical (unpaired) electrons. The van der Waals surface area contributed by atoms with Crippen LogP contribution in [0, 0.1) is 13.8 Å². The monoisotopic (exact) mass is 446 g/mol. The molecule has 0 bridgehead atoms. The molecule has 0 saturated carbocycles. The van der Waals surface area contributed by atoms with E-state index in [0.29, 0.717) is 0 Å². The Kier molecular flexibility index (Phi) is 4.63. The average Bonchev–Trinajstić information content (AvgIpc) is 3.37. The van der Waals surface area contributed by atoms with E-state index >= 15 is 0 Å². The van der Waals surface area contributed by atoms with Gasteiger partial charge in [-0.25, -0.2) is 9.55 Å². The Labute approximate surface area is 197 Å². The summed E-state index contributed by atoms with van der Waals surface area (Å²) in [6, 6.07) is 32.4. The summed E-state index contributed by atoms with van der Waals surface area (Å²) in [5.74, 6) is 1.15. The van der Waals surface area contributed by atoms with E-state index in [9.17, 15) is 0 Å². The van der Waals surface area contributed by atoms with Gasteiger partial charge < -0.3 is 0 Å². The first-order chi connectivity index (χ1) is 16.1. The second-order valence-electron chi connectivity index (χ2n) is 8.46. The lowest BCUT2D eigenvalue weighted by molar-refractivity contribution is -0.633. The van der Waals surface area contributed by atoms with Gasteiger partial charge in [-0.3, -0.25) is 0 Å². The lowest BCUT2D eigenvalue weighted by atomic mass is 10.0. The zero-order valence-corrected chi connectivity index (χ0v) is 19.7. The number of thiazole rings is 1. The van der Waals surface area contributed by atoms with Gasteiger partial charge in [-0.1, -0.05) is 60.7 Å². The van der Waals surface area contributed by atoms with E-state index in [4.69, 9.17) is 4.98 Å². The lowest BCUT2D eigenvalue weighted by Gasteiger charge is -2.08. The highest BCUT2D eigenvalue weighted by atomic mass is 32.1. The van der Waals surface area contributed by atoms with Crippen LogP contribution in [0.25, 0.3) is 49.5 Å². The van der Waals surface area contributed by atoms with Crippen molar-refractivity contribution in [1.82, 2.24) is 9.55 Å². The van der Waals surface area contributed by atoms with Crippen molar-refractivity contribution in [2.24, 2.45) is 7.05 Å². The quantitative estimate of drug-likeness (QED) is 0.268. The van der Waals surface area contributed by atoms with Gasteiger partial charge in [0.15, 0.2) is 11.0 Å². The molecule has 0 fully saturated rings. The number of aryl methyl sites for hydroxylation is 3. The molecule has 4 aromatic carbocycles. The fraction of sp³-hybridized carbons (Fsp3) is 0.103. The summed E-state index contributed by atoms with van der Waals surface area (Å²) in [4.78, 5) is 4.94. The topological polar surface area (TPSA) is 21.7 Å². The van der Waals surface area contributed by atoms with Gasteiger partial charge >= 0.3 is 0 Å².